The molecule has 0 aliphatic carbocycles. The number of nitrogens with zero attached hydrogens (tertiary/aromatic N) is 1. The number of rotatable bonds is 4. The minimum atomic E-state index is -0.183. The number of carbonyl (C=O) groups is 1. The average Bonchev–Trinajstić information content (AvgIpc) is 2.46. The molecule has 0 saturated heterocycles. The minimum Gasteiger partial charge on any atom is -0.484 e. The van der Waals surface area contributed by atoms with Crippen LogP contribution in [0, 0.1) is 0 Å². The van der Waals surface area contributed by atoms with Crippen molar-refractivity contribution in [3.63, 3.8) is 0 Å². The van der Waals surface area contributed by atoms with Gasteiger partial charge in [-0.05, 0) is 36.4 Å². The number of benzene rings is 2. The zero-order valence-corrected chi connectivity index (χ0v) is 11.8. The Labute approximate surface area is 122 Å². The third-order valence-electron chi connectivity index (χ3n) is 2.85. The summed E-state index contributed by atoms with van der Waals surface area (Å²) in [5.41, 5.74) is 7.05. The van der Waals surface area contributed by atoms with E-state index in [1.165, 1.54) is 4.90 Å². The van der Waals surface area contributed by atoms with Crippen LogP contribution in [0.4, 0.5) is 11.4 Å². The number of hydrogen-bond acceptors (Lipinski definition) is 3. The first kappa shape index (κ1) is 14.2. The van der Waals surface area contributed by atoms with Crippen molar-refractivity contribution < 1.29 is 9.53 Å². The number of nitrogen functional groups attached to an aromatic ring is 1. The van der Waals surface area contributed by atoms with E-state index >= 15 is 0 Å². The molecule has 0 heterocycles. The summed E-state index contributed by atoms with van der Waals surface area (Å²) in [7, 11) is 1.67. The molecule has 2 N–H and O–H groups in total. The second-order valence-electron chi connectivity index (χ2n) is 4.25. The normalized spacial score (nSPS) is 10.1. The first-order chi connectivity index (χ1) is 9.58. The lowest BCUT2D eigenvalue weighted by Gasteiger charge is -2.19. The third kappa shape index (κ3) is 3.42. The largest absolute Gasteiger partial charge is 0.484 e. The van der Waals surface area contributed by atoms with Crippen LogP contribution in [0.25, 0.3) is 0 Å². The number of ether oxygens (including phenoxy) is 1. The molecule has 0 atom stereocenters. The predicted octanol–water partition coefficient (Wildman–Crippen LogP) is 2.96. The molecule has 5 heteroatoms. The molecule has 2 aromatic rings. The highest BCUT2D eigenvalue weighted by Crippen LogP contribution is 2.21. The summed E-state index contributed by atoms with van der Waals surface area (Å²) in [6.45, 7) is -0.0630. The molecule has 4 nitrogen and oxygen atoms in total. The van der Waals surface area contributed by atoms with Gasteiger partial charge in [0.05, 0.1) is 11.4 Å². The van der Waals surface area contributed by atoms with Gasteiger partial charge in [-0.25, -0.2) is 0 Å². The van der Waals surface area contributed by atoms with Gasteiger partial charge in [-0.1, -0.05) is 23.7 Å². The Bertz CT molecular complexity index is 599. The van der Waals surface area contributed by atoms with Gasteiger partial charge < -0.3 is 15.4 Å². The Morgan fingerprint density at radius 2 is 1.85 bits per heavy atom. The monoisotopic (exact) mass is 290 g/mol. The van der Waals surface area contributed by atoms with Crippen LogP contribution >= 0.6 is 11.6 Å². The number of carbonyl (C=O) groups excluding carboxylic acids is 1. The fourth-order valence-corrected chi connectivity index (χ4v) is 1.83. The maximum Gasteiger partial charge on any atom is 0.264 e. The van der Waals surface area contributed by atoms with Crippen molar-refractivity contribution >= 4 is 28.9 Å². The van der Waals surface area contributed by atoms with Gasteiger partial charge in [0.15, 0.2) is 6.61 Å². The van der Waals surface area contributed by atoms with Crippen molar-refractivity contribution in [3.8, 4) is 5.75 Å². The summed E-state index contributed by atoms with van der Waals surface area (Å²) in [6, 6.07) is 14.0. The molecule has 0 bridgehead atoms. The molecule has 20 heavy (non-hydrogen) atoms. The van der Waals surface area contributed by atoms with Crippen LogP contribution in [-0.4, -0.2) is 19.6 Å². The predicted molar refractivity (Wildman–Crippen MR) is 81.2 cm³/mol. The average molecular weight is 291 g/mol. The summed E-state index contributed by atoms with van der Waals surface area (Å²) >= 11 is 5.78. The van der Waals surface area contributed by atoms with Crippen molar-refractivity contribution in [1.29, 1.82) is 0 Å². The van der Waals surface area contributed by atoms with E-state index in [2.05, 4.69) is 0 Å². The number of anilines is 2. The van der Waals surface area contributed by atoms with Gasteiger partial charge in [0.25, 0.3) is 5.91 Å². The van der Waals surface area contributed by atoms with Gasteiger partial charge in [0.1, 0.15) is 5.75 Å². The lowest BCUT2D eigenvalue weighted by Crippen LogP contribution is -2.31. The number of amides is 1. The zero-order chi connectivity index (χ0) is 14.5. The highest BCUT2D eigenvalue weighted by molar-refractivity contribution is 6.30. The highest BCUT2D eigenvalue weighted by atomic mass is 35.5. The van der Waals surface area contributed by atoms with Crippen molar-refractivity contribution in [2.24, 2.45) is 0 Å². The smallest absolute Gasteiger partial charge is 0.264 e. The topological polar surface area (TPSA) is 55.6 Å². The molecule has 0 aliphatic heterocycles. The van der Waals surface area contributed by atoms with Gasteiger partial charge in [-0.2, -0.15) is 0 Å². The van der Waals surface area contributed by atoms with Crippen LogP contribution in [0.2, 0.25) is 5.02 Å². The Morgan fingerprint density at radius 3 is 2.50 bits per heavy atom. The summed E-state index contributed by atoms with van der Waals surface area (Å²) in [5.74, 6) is 0.412. The lowest BCUT2D eigenvalue weighted by atomic mass is 10.2. The summed E-state index contributed by atoms with van der Waals surface area (Å²) in [6.07, 6.45) is 0. The van der Waals surface area contributed by atoms with Crippen LogP contribution in [0.1, 0.15) is 0 Å². The van der Waals surface area contributed by atoms with Gasteiger partial charge >= 0.3 is 0 Å². The standard InChI is InChI=1S/C15H15ClN2O2/c1-18(14-5-3-2-4-13(14)17)15(19)10-20-12-8-6-11(16)7-9-12/h2-9H,10,17H2,1H3. The van der Waals surface area contributed by atoms with E-state index < -0.39 is 0 Å². The molecule has 104 valence electrons. The summed E-state index contributed by atoms with van der Waals surface area (Å²) in [5, 5.41) is 0.623. The number of hydrogen-bond donors (Lipinski definition) is 1. The van der Waals surface area contributed by atoms with E-state index in [1.54, 1.807) is 43.4 Å². The van der Waals surface area contributed by atoms with E-state index in [0.29, 0.717) is 22.1 Å². The third-order valence-corrected chi connectivity index (χ3v) is 3.10. The van der Waals surface area contributed by atoms with Crippen molar-refractivity contribution in [3.05, 3.63) is 53.6 Å². The van der Waals surface area contributed by atoms with Crippen LogP contribution in [-0.2, 0) is 4.79 Å². The molecule has 2 rings (SSSR count). The molecule has 0 aliphatic rings. The van der Waals surface area contributed by atoms with E-state index in [1.807, 2.05) is 12.1 Å². The molecule has 0 aromatic heterocycles. The molecular weight excluding hydrogens is 276 g/mol. The SMILES string of the molecule is CN(C(=O)COc1ccc(Cl)cc1)c1ccccc1N. The number of para-hydroxylation sites is 2. The highest BCUT2D eigenvalue weighted by Gasteiger charge is 2.13. The molecule has 0 unspecified atom stereocenters. The first-order valence-electron chi connectivity index (χ1n) is 6.07. The Hall–Kier alpha value is -2.20. The lowest BCUT2D eigenvalue weighted by molar-refractivity contribution is -0.120. The van der Waals surface area contributed by atoms with Gasteiger partial charge in [0, 0.05) is 12.1 Å². The summed E-state index contributed by atoms with van der Waals surface area (Å²) < 4.78 is 5.41. The zero-order valence-electron chi connectivity index (χ0n) is 11.0. The maximum absolute atomic E-state index is 12.1. The second-order valence-corrected chi connectivity index (χ2v) is 4.69. The fourth-order valence-electron chi connectivity index (χ4n) is 1.70. The Kier molecular flexibility index (Phi) is 4.48. The first-order valence-corrected chi connectivity index (χ1v) is 6.45. The van der Waals surface area contributed by atoms with Crippen LogP contribution in [0.3, 0.4) is 0 Å². The Morgan fingerprint density at radius 1 is 1.20 bits per heavy atom. The number of halogens is 1. The number of likely N-dealkylation sites (N-methyl/N-ethyl adjacent to an activating group) is 1. The van der Waals surface area contributed by atoms with E-state index in [-0.39, 0.29) is 12.5 Å². The van der Waals surface area contributed by atoms with Crippen molar-refractivity contribution in [2.75, 3.05) is 24.3 Å². The summed E-state index contributed by atoms with van der Waals surface area (Å²) in [4.78, 5) is 13.5. The molecule has 1 amide bonds. The van der Waals surface area contributed by atoms with E-state index in [9.17, 15) is 4.79 Å². The molecule has 0 saturated carbocycles. The van der Waals surface area contributed by atoms with E-state index in [4.69, 9.17) is 22.1 Å². The van der Waals surface area contributed by atoms with Gasteiger partial charge in [0.2, 0.25) is 0 Å². The van der Waals surface area contributed by atoms with Gasteiger partial charge in [-0.15, -0.1) is 0 Å². The van der Waals surface area contributed by atoms with E-state index in [0.717, 1.165) is 0 Å². The molecule has 0 fully saturated rings. The minimum absolute atomic E-state index is 0.0630. The molecule has 0 radical (unpaired) electrons. The molecule has 2 aromatic carbocycles. The Balaban J connectivity index is 1.98. The molecular formula is C15H15ClN2O2. The van der Waals surface area contributed by atoms with Crippen LogP contribution < -0.4 is 15.4 Å². The van der Waals surface area contributed by atoms with Crippen molar-refractivity contribution in [2.45, 2.75) is 0 Å². The molecule has 0 spiro atoms. The van der Waals surface area contributed by atoms with Crippen molar-refractivity contribution in [1.82, 2.24) is 0 Å². The second kappa shape index (κ2) is 6.30. The van der Waals surface area contributed by atoms with Crippen LogP contribution in [0.5, 0.6) is 5.75 Å². The fraction of sp³-hybridized carbons (Fsp3) is 0.133. The quantitative estimate of drug-likeness (QED) is 0.881. The van der Waals surface area contributed by atoms with Crippen LogP contribution in [0.15, 0.2) is 48.5 Å². The van der Waals surface area contributed by atoms with Gasteiger partial charge in [-0.3, -0.25) is 4.79 Å². The maximum atomic E-state index is 12.1. The number of nitrogens with two attached hydrogens (primary N) is 1.